The summed E-state index contributed by atoms with van der Waals surface area (Å²) in [7, 11) is 0. The van der Waals surface area contributed by atoms with Gasteiger partial charge in [-0.05, 0) is 43.0 Å². The SMILES string of the molecule is C[C@@H](NC(=O)C1(c2ccc([N+](=O)[O-])cc2)CC1)c1ccc(F)cc1. The Morgan fingerprint density at radius 2 is 1.75 bits per heavy atom. The Morgan fingerprint density at radius 3 is 2.25 bits per heavy atom. The number of carbonyl (C=O) groups is 1. The highest BCUT2D eigenvalue weighted by Crippen LogP contribution is 2.49. The van der Waals surface area contributed by atoms with Gasteiger partial charge >= 0.3 is 0 Å². The topological polar surface area (TPSA) is 72.2 Å². The Labute approximate surface area is 138 Å². The summed E-state index contributed by atoms with van der Waals surface area (Å²) in [5, 5.41) is 13.7. The molecule has 0 aromatic heterocycles. The van der Waals surface area contributed by atoms with E-state index in [2.05, 4.69) is 5.32 Å². The minimum Gasteiger partial charge on any atom is -0.349 e. The van der Waals surface area contributed by atoms with Gasteiger partial charge in [0.1, 0.15) is 5.82 Å². The number of amides is 1. The summed E-state index contributed by atoms with van der Waals surface area (Å²) in [6.07, 6.45) is 1.43. The first-order valence-corrected chi connectivity index (χ1v) is 7.74. The molecule has 124 valence electrons. The van der Waals surface area contributed by atoms with Gasteiger partial charge in [-0.15, -0.1) is 0 Å². The Hall–Kier alpha value is -2.76. The first kappa shape index (κ1) is 16.1. The molecule has 3 rings (SSSR count). The van der Waals surface area contributed by atoms with Crippen molar-refractivity contribution in [1.82, 2.24) is 5.32 Å². The molecule has 0 radical (unpaired) electrons. The van der Waals surface area contributed by atoms with Gasteiger partial charge in [0, 0.05) is 12.1 Å². The number of hydrogen-bond acceptors (Lipinski definition) is 3. The molecule has 1 atom stereocenters. The highest BCUT2D eigenvalue weighted by atomic mass is 19.1. The molecule has 0 spiro atoms. The van der Waals surface area contributed by atoms with Crippen molar-refractivity contribution in [2.45, 2.75) is 31.2 Å². The van der Waals surface area contributed by atoms with Gasteiger partial charge in [0.05, 0.1) is 16.4 Å². The molecule has 1 saturated carbocycles. The quantitative estimate of drug-likeness (QED) is 0.673. The van der Waals surface area contributed by atoms with E-state index in [1.165, 1.54) is 24.3 Å². The Kier molecular flexibility index (Phi) is 4.05. The van der Waals surface area contributed by atoms with Crippen LogP contribution in [0.5, 0.6) is 0 Å². The third kappa shape index (κ3) is 2.99. The van der Waals surface area contributed by atoms with Crippen molar-refractivity contribution in [1.29, 1.82) is 0 Å². The van der Waals surface area contributed by atoms with Crippen LogP contribution in [0.4, 0.5) is 10.1 Å². The third-order valence-corrected chi connectivity index (χ3v) is 4.53. The van der Waals surface area contributed by atoms with Crippen LogP contribution in [-0.2, 0) is 10.2 Å². The molecule has 5 nitrogen and oxygen atoms in total. The van der Waals surface area contributed by atoms with Crippen molar-refractivity contribution in [3.8, 4) is 0 Å². The molecule has 1 aliphatic rings. The zero-order chi connectivity index (χ0) is 17.3. The van der Waals surface area contributed by atoms with Crippen LogP contribution >= 0.6 is 0 Å². The van der Waals surface area contributed by atoms with Crippen molar-refractivity contribution >= 4 is 11.6 Å². The van der Waals surface area contributed by atoms with Crippen LogP contribution in [0.3, 0.4) is 0 Å². The number of rotatable bonds is 5. The predicted octanol–water partition coefficient (Wildman–Crippen LogP) is 3.64. The summed E-state index contributed by atoms with van der Waals surface area (Å²) >= 11 is 0. The summed E-state index contributed by atoms with van der Waals surface area (Å²) < 4.78 is 13.0. The van der Waals surface area contributed by atoms with Crippen LogP contribution < -0.4 is 5.32 Å². The lowest BCUT2D eigenvalue weighted by Crippen LogP contribution is -2.36. The van der Waals surface area contributed by atoms with E-state index >= 15 is 0 Å². The number of nitro groups is 1. The lowest BCUT2D eigenvalue weighted by molar-refractivity contribution is -0.384. The normalized spacial score (nSPS) is 16.2. The minimum atomic E-state index is -0.608. The molecule has 1 fully saturated rings. The van der Waals surface area contributed by atoms with Gasteiger partial charge in [0.25, 0.3) is 5.69 Å². The van der Waals surface area contributed by atoms with E-state index in [0.29, 0.717) is 12.8 Å². The molecule has 6 heteroatoms. The molecule has 0 saturated heterocycles. The van der Waals surface area contributed by atoms with Crippen molar-refractivity contribution in [2.24, 2.45) is 0 Å². The van der Waals surface area contributed by atoms with E-state index in [4.69, 9.17) is 0 Å². The molecule has 0 heterocycles. The number of carbonyl (C=O) groups excluding carboxylic acids is 1. The molecular formula is C18H17FN2O3. The Morgan fingerprint density at radius 1 is 1.17 bits per heavy atom. The van der Waals surface area contributed by atoms with Crippen LogP contribution in [0.25, 0.3) is 0 Å². The minimum absolute atomic E-state index is 0.00892. The predicted molar refractivity (Wildman–Crippen MR) is 87.0 cm³/mol. The largest absolute Gasteiger partial charge is 0.349 e. The second-order valence-corrected chi connectivity index (χ2v) is 6.13. The molecule has 1 N–H and O–H groups in total. The van der Waals surface area contributed by atoms with Gasteiger partial charge in [-0.25, -0.2) is 4.39 Å². The van der Waals surface area contributed by atoms with Crippen molar-refractivity contribution in [3.05, 3.63) is 75.6 Å². The average molecular weight is 328 g/mol. The smallest absolute Gasteiger partial charge is 0.269 e. The van der Waals surface area contributed by atoms with Crippen LogP contribution in [-0.4, -0.2) is 10.8 Å². The van der Waals surface area contributed by atoms with Gasteiger partial charge in [-0.2, -0.15) is 0 Å². The molecule has 2 aromatic carbocycles. The van der Waals surface area contributed by atoms with Gasteiger partial charge < -0.3 is 5.32 Å². The van der Waals surface area contributed by atoms with Gasteiger partial charge in [0.15, 0.2) is 0 Å². The number of nitrogens with zero attached hydrogens (tertiary/aromatic N) is 1. The lowest BCUT2D eigenvalue weighted by Gasteiger charge is -2.20. The van der Waals surface area contributed by atoms with Crippen LogP contribution in [0.1, 0.15) is 36.9 Å². The zero-order valence-corrected chi connectivity index (χ0v) is 13.2. The molecular weight excluding hydrogens is 311 g/mol. The van der Waals surface area contributed by atoms with Gasteiger partial charge in [-0.1, -0.05) is 24.3 Å². The summed E-state index contributed by atoms with van der Waals surface area (Å²) in [6.45, 7) is 1.84. The molecule has 2 aromatic rings. The van der Waals surface area contributed by atoms with E-state index in [-0.39, 0.29) is 23.5 Å². The number of nitrogens with one attached hydrogen (secondary N) is 1. The number of nitro benzene ring substituents is 1. The highest BCUT2D eigenvalue weighted by molar-refractivity contribution is 5.91. The summed E-state index contributed by atoms with van der Waals surface area (Å²) in [5.74, 6) is -0.421. The standard InChI is InChI=1S/C18H17FN2O3/c1-12(13-2-6-15(19)7-3-13)20-17(22)18(10-11-18)14-4-8-16(9-5-14)21(23)24/h2-9,12H,10-11H2,1H3,(H,20,22)/t12-/m1/s1. The molecule has 0 unspecified atom stereocenters. The fraction of sp³-hybridized carbons (Fsp3) is 0.278. The maximum absolute atomic E-state index is 13.0. The molecule has 1 aliphatic carbocycles. The number of hydrogen-bond donors (Lipinski definition) is 1. The second-order valence-electron chi connectivity index (χ2n) is 6.13. The van der Waals surface area contributed by atoms with E-state index in [9.17, 15) is 19.3 Å². The van der Waals surface area contributed by atoms with E-state index in [1.807, 2.05) is 6.92 Å². The maximum atomic E-state index is 13.0. The molecule has 1 amide bonds. The fourth-order valence-corrected chi connectivity index (χ4v) is 2.84. The number of benzene rings is 2. The Balaban J connectivity index is 1.74. The Bertz CT molecular complexity index is 768. The van der Waals surface area contributed by atoms with E-state index < -0.39 is 10.3 Å². The summed E-state index contributed by atoms with van der Waals surface area (Å²) in [5.41, 5.74) is 1.01. The van der Waals surface area contributed by atoms with Gasteiger partial charge in [-0.3, -0.25) is 14.9 Å². The summed E-state index contributed by atoms with van der Waals surface area (Å²) in [4.78, 5) is 23.0. The van der Waals surface area contributed by atoms with Crippen LogP contribution in [0, 0.1) is 15.9 Å². The molecule has 24 heavy (non-hydrogen) atoms. The van der Waals surface area contributed by atoms with Crippen LogP contribution in [0.15, 0.2) is 48.5 Å². The van der Waals surface area contributed by atoms with Crippen molar-refractivity contribution in [2.75, 3.05) is 0 Å². The monoisotopic (exact) mass is 328 g/mol. The van der Waals surface area contributed by atoms with Gasteiger partial charge in [0.2, 0.25) is 5.91 Å². The maximum Gasteiger partial charge on any atom is 0.269 e. The number of halogens is 1. The van der Waals surface area contributed by atoms with Crippen molar-refractivity contribution in [3.63, 3.8) is 0 Å². The van der Waals surface area contributed by atoms with E-state index in [0.717, 1.165) is 11.1 Å². The first-order valence-electron chi connectivity index (χ1n) is 7.74. The number of non-ortho nitro benzene ring substituents is 1. The zero-order valence-electron chi connectivity index (χ0n) is 13.2. The van der Waals surface area contributed by atoms with E-state index in [1.54, 1.807) is 24.3 Å². The third-order valence-electron chi connectivity index (χ3n) is 4.53. The van der Waals surface area contributed by atoms with Crippen LogP contribution in [0.2, 0.25) is 0 Å². The molecule has 0 aliphatic heterocycles. The van der Waals surface area contributed by atoms with Crippen molar-refractivity contribution < 1.29 is 14.1 Å². The highest BCUT2D eigenvalue weighted by Gasteiger charge is 2.51. The second kappa shape index (κ2) is 6.03. The first-order chi connectivity index (χ1) is 11.4. The molecule has 0 bridgehead atoms. The average Bonchev–Trinajstić information content (AvgIpc) is 3.37. The fourth-order valence-electron chi connectivity index (χ4n) is 2.84. The lowest BCUT2D eigenvalue weighted by atomic mass is 9.94. The summed E-state index contributed by atoms with van der Waals surface area (Å²) in [6, 6.07) is 11.9.